The molecule has 0 aliphatic heterocycles. The van der Waals surface area contributed by atoms with E-state index in [1.54, 1.807) is 24.3 Å². The molecular formula is C12H18N2O2S2. The van der Waals surface area contributed by atoms with Gasteiger partial charge >= 0.3 is 0 Å². The molecule has 0 saturated carbocycles. The molecule has 0 aromatic heterocycles. The van der Waals surface area contributed by atoms with Gasteiger partial charge in [-0.25, -0.2) is 13.1 Å². The zero-order chi connectivity index (χ0) is 13.8. The van der Waals surface area contributed by atoms with Gasteiger partial charge in [-0.05, 0) is 23.6 Å². The Labute approximate surface area is 114 Å². The van der Waals surface area contributed by atoms with E-state index in [1.807, 2.05) is 13.8 Å². The maximum absolute atomic E-state index is 11.9. The summed E-state index contributed by atoms with van der Waals surface area (Å²) in [6.45, 7) is 4.33. The highest BCUT2D eigenvalue weighted by atomic mass is 32.2. The van der Waals surface area contributed by atoms with Crippen molar-refractivity contribution >= 4 is 27.2 Å². The normalized spacial score (nSPS) is 11.7. The molecule has 3 N–H and O–H groups in total. The third-order valence-corrected chi connectivity index (χ3v) is 3.88. The molecule has 0 saturated heterocycles. The summed E-state index contributed by atoms with van der Waals surface area (Å²) in [6, 6.07) is 6.58. The first-order valence-electron chi connectivity index (χ1n) is 5.68. The van der Waals surface area contributed by atoms with E-state index in [9.17, 15) is 8.42 Å². The molecule has 0 spiro atoms. The van der Waals surface area contributed by atoms with Crippen molar-refractivity contribution in [1.29, 1.82) is 0 Å². The summed E-state index contributed by atoms with van der Waals surface area (Å²) in [5.74, 6) is 0.272. The number of rotatable bonds is 6. The van der Waals surface area contributed by atoms with Crippen molar-refractivity contribution in [2.45, 2.75) is 25.2 Å². The number of hydrogen-bond acceptors (Lipinski definition) is 3. The minimum atomic E-state index is -3.41. The van der Waals surface area contributed by atoms with Gasteiger partial charge in [0.2, 0.25) is 10.0 Å². The summed E-state index contributed by atoms with van der Waals surface area (Å²) in [7, 11) is -3.41. The molecule has 0 radical (unpaired) electrons. The van der Waals surface area contributed by atoms with Crippen molar-refractivity contribution < 1.29 is 8.42 Å². The molecule has 6 heteroatoms. The molecule has 100 valence electrons. The van der Waals surface area contributed by atoms with Gasteiger partial charge in [-0.15, -0.1) is 0 Å². The molecule has 1 aromatic carbocycles. The van der Waals surface area contributed by atoms with E-state index in [2.05, 4.69) is 4.72 Å². The quantitative estimate of drug-likeness (QED) is 0.776. The van der Waals surface area contributed by atoms with Gasteiger partial charge in [0.1, 0.15) is 0 Å². The van der Waals surface area contributed by atoms with E-state index in [4.69, 9.17) is 18.0 Å². The van der Waals surface area contributed by atoms with Crippen LogP contribution in [0.15, 0.2) is 29.2 Å². The van der Waals surface area contributed by atoms with Gasteiger partial charge in [0.25, 0.3) is 0 Å². The minimum Gasteiger partial charge on any atom is -0.393 e. The summed E-state index contributed by atoms with van der Waals surface area (Å²) in [5.41, 5.74) is 6.34. The van der Waals surface area contributed by atoms with E-state index in [1.165, 1.54) is 0 Å². The Bertz CT molecular complexity index is 507. The van der Waals surface area contributed by atoms with Crippen molar-refractivity contribution in [2.24, 2.45) is 11.7 Å². The predicted molar refractivity (Wildman–Crippen MR) is 77.0 cm³/mol. The van der Waals surface area contributed by atoms with Crippen LogP contribution in [0.5, 0.6) is 0 Å². The fraction of sp³-hybridized carbons (Fsp3) is 0.417. The van der Waals surface area contributed by atoms with Crippen LogP contribution in [0.4, 0.5) is 0 Å². The number of thiocarbonyl (C=S) groups is 1. The Hall–Kier alpha value is -0.980. The zero-order valence-electron chi connectivity index (χ0n) is 10.5. The largest absolute Gasteiger partial charge is 0.393 e. The molecule has 1 rings (SSSR count). The Morgan fingerprint density at radius 1 is 1.33 bits per heavy atom. The Kier molecular flexibility index (Phi) is 5.25. The topological polar surface area (TPSA) is 72.2 Å². The van der Waals surface area contributed by atoms with Gasteiger partial charge in [0.05, 0.1) is 9.88 Å². The van der Waals surface area contributed by atoms with E-state index < -0.39 is 10.0 Å². The first kappa shape index (κ1) is 15.1. The smallest absolute Gasteiger partial charge is 0.240 e. The summed E-state index contributed by atoms with van der Waals surface area (Å²) in [6.07, 6.45) is 0.481. The standard InChI is InChI=1S/C12H18N2O2S2/c1-9(2)8-14-18(15,16)11-5-3-10(4-6-11)7-12(13)17/h3-6,9,14H,7-8H2,1-2H3,(H2,13,17). The van der Waals surface area contributed by atoms with E-state index in [-0.39, 0.29) is 10.8 Å². The highest BCUT2D eigenvalue weighted by Gasteiger charge is 2.13. The molecular weight excluding hydrogens is 268 g/mol. The Morgan fingerprint density at radius 2 is 1.89 bits per heavy atom. The second-order valence-corrected chi connectivity index (χ2v) is 6.82. The highest BCUT2D eigenvalue weighted by molar-refractivity contribution is 7.89. The lowest BCUT2D eigenvalue weighted by molar-refractivity contribution is 0.560. The average molecular weight is 286 g/mol. The van der Waals surface area contributed by atoms with Crippen LogP contribution >= 0.6 is 12.2 Å². The SMILES string of the molecule is CC(C)CNS(=O)(=O)c1ccc(CC(N)=S)cc1. The number of sulfonamides is 1. The summed E-state index contributed by atoms with van der Waals surface area (Å²) in [5, 5.41) is 0. The lowest BCUT2D eigenvalue weighted by Gasteiger charge is -2.09. The van der Waals surface area contributed by atoms with E-state index in [0.717, 1.165) is 5.56 Å². The van der Waals surface area contributed by atoms with Crippen LogP contribution in [0.1, 0.15) is 19.4 Å². The van der Waals surface area contributed by atoms with Crippen LogP contribution < -0.4 is 10.5 Å². The molecule has 0 bridgehead atoms. The fourth-order valence-electron chi connectivity index (χ4n) is 1.35. The lowest BCUT2D eigenvalue weighted by atomic mass is 10.1. The van der Waals surface area contributed by atoms with Gasteiger partial charge in [-0.3, -0.25) is 0 Å². The first-order chi connectivity index (χ1) is 8.31. The van der Waals surface area contributed by atoms with Crippen LogP contribution in [-0.2, 0) is 16.4 Å². The molecule has 0 aliphatic carbocycles. The van der Waals surface area contributed by atoms with Crippen molar-refractivity contribution in [2.75, 3.05) is 6.54 Å². The van der Waals surface area contributed by atoms with Crippen molar-refractivity contribution in [3.8, 4) is 0 Å². The molecule has 0 atom stereocenters. The zero-order valence-corrected chi connectivity index (χ0v) is 12.1. The molecule has 1 aromatic rings. The Morgan fingerprint density at radius 3 is 2.33 bits per heavy atom. The third kappa shape index (κ3) is 4.72. The molecule has 0 fully saturated rings. The molecule has 4 nitrogen and oxygen atoms in total. The second-order valence-electron chi connectivity index (χ2n) is 4.53. The minimum absolute atomic E-state index is 0.259. The predicted octanol–water partition coefficient (Wildman–Crippen LogP) is 1.45. The summed E-state index contributed by atoms with van der Waals surface area (Å²) >= 11 is 4.80. The highest BCUT2D eigenvalue weighted by Crippen LogP contribution is 2.11. The van der Waals surface area contributed by atoms with Gasteiger partial charge in [-0.1, -0.05) is 38.2 Å². The molecule has 0 heterocycles. The van der Waals surface area contributed by atoms with Crippen molar-refractivity contribution in [1.82, 2.24) is 4.72 Å². The Balaban J connectivity index is 2.81. The van der Waals surface area contributed by atoms with Crippen LogP contribution in [0.25, 0.3) is 0 Å². The number of nitrogens with one attached hydrogen (secondary N) is 1. The summed E-state index contributed by atoms with van der Waals surface area (Å²) < 4.78 is 26.4. The van der Waals surface area contributed by atoms with E-state index in [0.29, 0.717) is 18.0 Å². The molecule has 0 unspecified atom stereocenters. The fourth-order valence-corrected chi connectivity index (χ4v) is 2.73. The van der Waals surface area contributed by atoms with Crippen molar-refractivity contribution in [3.63, 3.8) is 0 Å². The van der Waals surface area contributed by atoms with Gasteiger partial charge in [0, 0.05) is 13.0 Å². The van der Waals surface area contributed by atoms with Crippen LogP contribution in [0.2, 0.25) is 0 Å². The third-order valence-electron chi connectivity index (χ3n) is 2.29. The van der Waals surface area contributed by atoms with Gasteiger partial charge in [0.15, 0.2) is 0 Å². The number of hydrogen-bond donors (Lipinski definition) is 2. The molecule has 18 heavy (non-hydrogen) atoms. The van der Waals surface area contributed by atoms with Crippen LogP contribution in [0.3, 0.4) is 0 Å². The van der Waals surface area contributed by atoms with E-state index >= 15 is 0 Å². The molecule has 0 amide bonds. The average Bonchev–Trinajstić information content (AvgIpc) is 2.26. The van der Waals surface area contributed by atoms with Gasteiger partial charge in [-0.2, -0.15) is 0 Å². The maximum atomic E-state index is 11.9. The van der Waals surface area contributed by atoms with Crippen molar-refractivity contribution in [3.05, 3.63) is 29.8 Å². The summed E-state index contributed by atoms with van der Waals surface area (Å²) in [4.78, 5) is 0.651. The van der Waals surface area contributed by atoms with Crippen LogP contribution in [0, 0.1) is 5.92 Å². The lowest BCUT2D eigenvalue weighted by Crippen LogP contribution is -2.27. The number of benzene rings is 1. The van der Waals surface area contributed by atoms with Crippen LogP contribution in [-0.4, -0.2) is 20.0 Å². The maximum Gasteiger partial charge on any atom is 0.240 e. The monoisotopic (exact) mass is 286 g/mol. The van der Waals surface area contributed by atoms with Gasteiger partial charge < -0.3 is 5.73 Å². The number of nitrogens with two attached hydrogens (primary N) is 1. The first-order valence-corrected chi connectivity index (χ1v) is 7.57. The molecule has 0 aliphatic rings. The second kappa shape index (κ2) is 6.26.